The summed E-state index contributed by atoms with van der Waals surface area (Å²) in [7, 11) is 1.92. The molecule has 5 heteroatoms. The Bertz CT molecular complexity index is 796. The normalized spacial score (nSPS) is 15.5. The smallest absolute Gasteiger partial charge is 0.306 e. The number of nitrogens with one attached hydrogen (secondary N) is 1. The maximum absolute atomic E-state index is 12.7. The van der Waals surface area contributed by atoms with E-state index in [1.165, 1.54) is 37.0 Å². The zero-order valence-electron chi connectivity index (χ0n) is 26.2. The number of esters is 1. The van der Waals surface area contributed by atoms with Crippen molar-refractivity contribution >= 4 is 5.97 Å². The Labute approximate surface area is 233 Å². The molecule has 38 heavy (non-hydrogen) atoms. The number of halogens is 2. The van der Waals surface area contributed by atoms with Gasteiger partial charge in [-0.1, -0.05) is 110 Å². The van der Waals surface area contributed by atoms with Crippen molar-refractivity contribution in [3.05, 3.63) is 47.0 Å². The average Bonchev–Trinajstić information content (AvgIpc) is 2.82. The molecule has 4 atom stereocenters. The molecule has 1 aromatic rings. The van der Waals surface area contributed by atoms with Crippen molar-refractivity contribution in [1.82, 2.24) is 5.32 Å². The highest BCUT2D eigenvalue weighted by atomic mass is 19.3. The van der Waals surface area contributed by atoms with Crippen LogP contribution in [0.1, 0.15) is 131 Å². The zero-order valence-corrected chi connectivity index (χ0v) is 26.2. The molecule has 0 radical (unpaired) electrons. The Balaban J connectivity index is 0.000000739. The van der Waals surface area contributed by atoms with Gasteiger partial charge in [-0.15, -0.1) is 0 Å². The Morgan fingerprint density at radius 2 is 1.45 bits per heavy atom. The first-order valence-electron chi connectivity index (χ1n) is 14.6. The van der Waals surface area contributed by atoms with Crippen LogP contribution in [-0.4, -0.2) is 18.6 Å². The number of ether oxygens (including phenoxy) is 1. The highest BCUT2D eigenvalue weighted by molar-refractivity contribution is 5.70. The van der Waals surface area contributed by atoms with Gasteiger partial charge in [0.25, 0.3) is 6.43 Å². The van der Waals surface area contributed by atoms with Crippen LogP contribution in [0.4, 0.5) is 8.78 Å². The minimum atomic E-state index is -2.41. The molecular weight excluding hydrogens is 480 g/mol. The fraction of sp³-hybridized carbons (Fsp3) is 0.727. The molecule has 0 aliphatic rings. The summed E-state index contributed by atoms with van der Waals surface area (Å²) in [6.45, 7) is 21.1. The van der Waals surface area contributed by atoms with E-state index in [4.69, 9.17) is 4.74 Å². The van der Waals surface area contributed by atoms with E-state index in [0.717, 1.165) is 24.3 Å². The van der Waals surface area contributed by atoms with E-state index < -0.39 is 6.43 Å². The van der Waals surface area contributed by atoms with Gasteiger partial charge in [-0.05, 0) is 63.5 Å². The molecule has 3 nitrogen and oxygen atoms in total. The third kappa shape index (κ3) is 15.6. The summed E-state index contributed by atoms with van der Waals surface area (Å²) in [6, 6.07) is 6.72. The van der Waals surface area contributed by atoms with Gasteiger partial charge in [0.15, 0.2) is 0 Å². The lowest BCUT2D eigenvalue weighted by atomic mass is 9.87. The van der Waals surface area contributed by atoms with Crippen LogP contribution in [-0.2, 0) is 9.53 Å². The summed E-state index contributed by atoms with van der Waals surface area (Å²) in [5.74, 6) is 2.07. The maximum Gasteiger partial charge on any atom is 0.306 e. The summed E-state index contributed by atoms with van der Waals surface area (Å²) in [5, 5.41) is 3.32. The Kier molecular flexibility index (Phi) is 17.7. The predicted molar refractivity (Wildman–Crippen MR) is 159 cm³/mol. The molecule has 0 fully saturated rings. The Hall–Kier alpha value is -1.75. The molecule has 0 aliphatic heterocycles. The number of allylic oxidation sites excluding steroid dienone is 1. The fourth-order valence-corrected chi connectivity index (χ4v) is 4.40. The molecule has 1 rings (SSSR count). The Morgan fingerprint density at radius 1 is 0.921 bits per heavy atom. The van der Waals surface area contributed by atoms with Crippen LogP contribution in [0, 0.1) is 23.7 Å². The molecule has 0 saturated heterocycles. The monoisotopic (exact) mass is 537 g/mol. The lowest BCUT2D eigenvalue weighted by molar-refractivity contribution is -0.155. The molecule has 1 N–H and O–H groups in total. The van der Waals surface area contributed by atoms with Gasteiger partial charge in [0.05, 0.1) is 6.04 Å². The minimum Gasteiger partial charge on any atom is -0.460 e. The second-order valence-corrected chi connectivity index (χ2v) is 12.3. The molecule has 0 aliphatic carbocycles. The number of carbonyl (C=O) groups excluding carboxylic acids is 1. The van der Waals surface area contributed by atoms with Crippen LogP contribution in [0.2, 0.25) is 0 Å². The van der Waals surface area contributed by atoms with Crippen LogP contribution < -0.4 is 5.32 Å². The first kappa shape index (κ1) is 36.2. The van der Waals surface area contributed by atoms with Crippen molar-refractivity contribution in [1.29, 1.82) is 0 Å². The summed E-state index contributed by atoms with van der Waals surface area (Å²) in [6.07, 6.45) is 6.44. The molecule has 0 bridgehead atoms. The van der Waals surface area contributed by atoms with Crippen LogP contribution in [0.15, 0.2) is 35.9 Å². The molecule has 0 aromatic heterocycles. The van der Waals surface area contributed by atoms with E-state index in [1.54, 1.807) is 12.1 Å². The van der Waals surface area contributed by atoms with E-state index in [-0.39, 0.29) is 23.2 Å². The van der Waals surface area contributed by atoms with Gasteiger partial charge < -0.3 is 10.1 Å². The van der Waals surface area contributed by atoms with Gasteiger partial charge in [-0.25, -0.2) is 8.78 Å². The van der Waals surface area contributed by atoms with E-state index >= 15 is 0 Å². The van der Waals surface area contributed by atoms with Gasteiger partial charge in [0.2, 0.25) is 0 Å². The van der Waals surface area contributed by atoms with Crippen LogP contribution in [0.5, 0.6) is 0 Å². The van der Waals surface area contributed by atoms with Crippen LogP contribution >= 0.6 is 0 Å². The van der Waals surface area contributed by atoms with Crippen molar-refractivity contribution in [2.75, 3.05) is 7.05 Å². The number of rotatable bonds is 14. The van der Waals surface area contributed by atoms with Gasteiger partial charge in [0, 0.05) is 12.0 Å². The third-order valence-electron chi connectivity index (χ3n) is 6.80. The van der Waals surface area contributed by atoms with Crippen molar-refractivity contribution < 1.29 is 18.3 Å². The van der Waals surface area contributed by atoms with Gasteiger partial charge in [-0.3, -0.25) is 4.79 Å². The SMILES string of the molecule is CCC(C)/C=C(/C(C)C)C(NC)c1ccc(C(F)F)cc1.CCCC(C)CCC(C)CC(=O)OC(C)(C)C. The van der Waals surface area contributed by atoms with Gasteiger partial charge in [-0.2, -0.15) is 0 Å². The molecule has 0 saturated carbocycles. The topological polar surface area (TPSA) is 38.3 Å². The number of alkyl halides is 2. The second kappa shape index (κ2) is 18.5. The molecule has 0 amide bonds. The summed E-state index contributed by atoms with van der Waals surface area (Å²) in [4.78, 5) is 11.6. The minimum absolute atomic E-state index is 0.0619. The largest absolute Gasteiger partial charge is 0.460 e. The lowest BCUT2D eigenvalue weighted by Crippen LogP contribution is -2.24. The molecular formula is C33H57F2NO2. The number of hydrogen-bond donors (Lipinski definition) is 1. The fourth-order valence-electron chi connectivity index (χ4n) is 4.40. The van der Waals surface area contributed by atoms with Crippen molar-refractivity contribution in [2.45, 2.75) is 126 Å². The first-order valence-corrected chi connectivity index (χ1v) is 14.6. The number of carbonyl (C=O) groups is 1. The average molecular weight is 538 g/mol. The van der Waals surface area contributed by atoms with E-state index in [2.05, 4.69) is 59.9 Å². The third-order valence-corrected chi connectivity index (χ3v) is 6.80. The number of hydrogen-bond acceptors (Lipinski definition) is 3. The zero-order chi connectivity index (χ0) is 29.5. The number of benzene rings is 1. The number of likely N-dealkylation sites (N-methyl/N-ethyl adjacent to an activating group) is 1. The quantitative estimate of drug-likeness (QED) is 0.189. The second-order valence-electron chi connectivity index (χ2n) is 12.3. The summed E-state index contributed by atoms with van der Waals surface area (Å²) < 4.78 is 30.6. The predicted octanol–water partition coefficient (Wildman–Crippen LogP) is 10.1. The van der Waals surface area contributed by atoms with E-state index in [9.17, 15) is 13.6 Å². The first-order chi connectivity index (χ1) is 17.6. The van der Waals surface area contributed by atoms with Gasteiger partial charge in [0.1, 0.15) is 5.60 Å². The van der Waals surface area contributed by atoms with E-state index in [0.29, 0.717) is 24.2 Å². The van der Waals surface area contributed by atoms with Crippen LogP contribution in [0.25, 0.3) is 0 Å². The highest BCUT2D eigenvalue weighted by Crippen LogP contribution is 2.30. The van der Waals surface area contributed by atoms with Crippen molar-refractivity contribution in [2.24, 2.45) is 23.7 Å². The molecule has 220 valence electrons. The summed E-state index contributed by atoms with van der Waals surface area (Å²) in [5.41, 5.74) is 2.07. The Morgan fingerprint density at radius 3 is 1.87 bits per heavy atom. The van der Waals surface area contributed by atoms with Crippen molar-refractivity contribution in [3.8, 4) is 0 Å². The molecule has 4 unspecified atom stereocenters. The van der Waals surface area contributed by atoms with E-state index in [1.807, 2.05) is 27.8 Å². The molecule has 1 aromatic carbocycles. The van der Waals surface area contributed by atoms with Gasteiger partial charge >= 0.3 is 5.97 Å². The standard InChI is InChI=1S/C18H27F2N.C15H30O2/c1-6-13(4)11-16(12(2)3)17(21-5)14-7-9-15(10-8-14)18(19)20;1-7-8-12(2)9-10-13(3)11-14(16)17-15(4,5)6/h7-13,17-18,21H,6H2,1-5H3;12-13H,7-11H2,1-6H3/b16-11-;. The lowest BCUT2D eigenvalue weighted by Gasteiger charge is -2.25. The molecule has 0 heterocycles. The van der Waals surface area contributed by atoms with Crippen molar-refractivity contribution in [3.63, 3.8) is 0 Å². The highest BCUT2D eigenvalue weighted by Gasteiger charge is 2.20. The maximum atomic E-state index is 12.7. The summed E-state index contributed by atoms with van der Waals surface area (Å²) >= 11 is 0. The van der Waals surface area contributed by atoms with Crippen LogP contribution in [0.3, 0.4) is 0 Å². The molecule has 0 spiro atoms.